The molecular weight excluding hydrogens is 264 g/mol. The largest absolute Gasteiger partial charge is 0.323 e. The fourth-order valence-corrected chi connectivity index (χ4v) is 1.80. The van der Waals surface area contributed by atoms with Crippen LogP contribution in [-0.4, -0.2) is 10.9 Å². The number of benzene rings is 1. The summed E-state index contributed by atoms with van der Waals surface area (Å²) in [5.41, 5.74) is 4.48. The Morgan fingerprint density at radius 3 is 2.84 bits per heavy atom. The van der Waals surface area contributed by atoms with Crippen molar-refractivity contribution in [1.29, 1.82) is 0 Å². The molecule has 1 aromatic heterocycles. The number of carbonyl (C=O) groups excluding carboxylic acids is 1. The van der Waals surface area contributed by atoms with Crippen molar-refractivity contribution >= 4 is 29.0 Å². The maximum absolute atomic E-state index is 12.2. The molecule has 2 rings (SSSR count). The molecule has 0 aliphatic rings. The molecule has 0 unspecified atom stereocenters. The first-order valence-electron chi connectivity index (χ1n) is 5.61. The molecule has 1 aromatic carbocycles. The van der Waals surface area contributed by atoms with Crippen LogP contribution in [0.25, 0.3) is 0 Å². The number of nitrogens with one attached hydrogen (secondary N) is 2. The summed E-state index contributed by atoms with van der Waals surface area (Å²) < 4.78 is 0. The number of amides is 1. The molecule has 0 saturated heterocycles. The fourth-order valence-electron chi connectivity index (χ4n) is 1.63. The Kier molecular flexibility index (Phi) is 3.99. The third-order valence-corrected chi connectivity index (χ3v) is 2.87. The Labute approximate surface area is 115 Å². The van der Waals surface area contributed by atoms with E-state index in [0.717, 1.165) is 5.56 Å². The lowest BCUT2D eigenvalue weighted by molar-refractivity contribution is 0.102. The smallest absolute Gasteiger partial charge is 0.259 e. The third kappa shape index (κ3) is 3.01. The number of anilines is 2. The molecule has 19 heavy (non-hydrogen) atoms. The van der Waals surface area contributed by atoms with Gasteiger partial charge in [0.15, 0.2) is 5.82 Å². The number of rotatable bonds is 3. The van der Waals surface area contributed by atoms with Crippen LogP contribution >= 0.6 is 11.6 Å². The van der Waals surface area contributed by atoms with Gasteiger partial charge in [0.2, 0.25) is 0 Å². The van der Waals surface area contributed by atoms with Gasteiger partial charge in [0, 0.05) is 6.20 Å². The van der Waals surface area contributed by atoms with Crippen LogP contribution < -0.4 is 16.6 Å². The van der Waals surface area contributed by atoms with E-state index in [1.54, 1.807) is 30.5 Å². The quantitative estimate of drug-likeness (QED) is 0.595. The molecule has 0 atom stereocenters. The molecule has 0 bridgehead atoms. The number of hydrogen-bond donors (Lipinski definition) is 3. The van der Waals surface area contributed by atoms with Gasteiger partial charge in [0.1, 0.15) is 0 Å². The van der Waals surface area contributed by atoms with E-state index in [1.807, 2.05) is 13.0 Å². The maximum atomic E-state index is 12.2. The van der Waals surface area contributed by atoms with Crippen LogP contribution in [0, 0.1) is 6.92 Å². The standard InChI is InChI=1S/C13H13ClN4O/c1-8-4-5-9(11(7-8)18-15)13(19)17-12-10(14)3-2-6-16-12/h2-7,18H,15H2,1H3,(H,16,17,19). The average Bonchev–Trinajstić information content (AvgIpc) is 2.41. The van der Waals surface area contributed by atoms with Crippen molar-refractivity contribution in [3.8, 4) is 0 Å². The van der Waals surface area contributed by atoms with Gasteiger partial charge in [-0.3, -0.25) is 10.6 Å². The van der Waals surface area contributed by atoms with Crippen molar-refractivity contribution in [2.45, 2.75) is 6.92 Å². The number of pyridine rings is 1. The Bertz CT molecular complexity index is 615. The number of nitrogen functional groups attached to an aromatic ring is 1. The van der Waals surface area contributed by atoms with Crippen LogP contribution in [0.2, 0.25) is 5.02 Å². The lowest BCUT2D eigenvalue weighted by Gasteiger charge is -2.10. The van der Waals surface area contributed by atoms with Crippen LogP contribution in [0.4, 0.5) is 11.5 Å². The van der Waals surface area contributed by atoms with E-state index in [1.165, 1.54) is 0 Å². The summed E-state index contributed by atoms with van der Waals surface area (Å²) in [4.78, 5) is 16.2. The van der Waals surface area contributed by atoms with Crippen molar-refractivity contribution < 1.29 is 4.79 Å². The van der Waals surface area contributed by atoms with Crippen molar-refractivity contribution in [3.63, 3.8) is 0 Å². The van der Waals surface area contributed by atoms with Crippen molar-refractivity contribution in [1.82, 2.24) is 4.98 Å². The first-order chi connectivity index (χ1) is 9.11. The molecule has 0 spiro atoms. The Morgan fingerprint density at radius 1 is 1.37 bits per heavy atom. The number of hydrazine groups is 1. The molecule has 1 amide bonds. The Morgan fingerprint density at radius 2 is 2.16 bits per heavy atom. The first kappa shape index (κ1) is 13.3. The second kappa shape index (κ2) is 5.69. The molecule has 0 aliphatic carbocycles. The normalized spacial score (nSPS) is 10.1. The summed E-state index contributed by atoms with van der Waals surface area (Å²) in [5, 5.41) is 3.02. The predicted octanol–water partition coefficient (Wildman–Crippen LogP) is 2.58. The Hall–Kier alpha value is -2.11. The summed E-state index contributed by atoms with van der Waals surface area (Å²) in [7, 11) is 0. The summed E-state index contributed by atoms with van der Waals surface area (Å²) >= 11 is 5.94. The third-order valence-electron chi connectivity index (χ3n) is 2.57. The van der Waals surface area contributed by atoms with Gasteiger partial charge in [-0.05, 0) is 36.8 Å². The van der Waals surface area contributed by atoms with Gasteiger partial charge in [-0.1, -0.05) is 17.7 Å². The zero-order valence-electron chi connectivity index (χ0n) is 10.3. The number of hydrogen-bond acceptors (Lipinski definition) is 4. The van der Waals surface area contributed by atoms with Gasteiger partial charge >= 0.3 is 0 Å². The zero-order valence-corrected chi connectivity index (χ0v) is 11.0. The number of aromatic nitrogens is 1. The second-order valence-electron chi connectivity index (χ2n) is 3.98. The lowest BCUT2D eigenvalue weighted by Crippen LogP contribution is -2.18. The van der Waals surface area contributed by atoms with Gasteiger partial charge in [0.05, 0.1) is 16.3 Å². The monoisotopic (exact) mass is 276 g/mol. The van der Waals surface area contributed by atoms with E-state index in [0.29, 0.717) is 22.1 Å². The number of nitrogens with two attached hydrogens (primary N) is 1. The van der Waals surface area contributed by atoms with Crippen molar-refractivity contribution in [3.05, 3.63) is 52.7 Å². The van der Waals surface area contributed by atoms with E-state index in [2.05, 4.69) is 15.7 Å². The van der Waals surface area contributed by atoms with Crippen molar-refractivity contribution in [2.75, 3.05) is 10.7 Å². The minimum absolute atomic E-state index is 0.317. The Balaban J connectivity index is 2.28. The number of nitrogens with zero attached hydrogens (tertiary/aromatic N) is 1. The van der Waals surface area contributed by atoms with E-state index < -0.39 is 0 Å². The lowest BCUT2D eigenvalue weighted by atomic mass is 10.1. The predicted molar refractivity (Wildman–Crippen MR) is 76.2 cm³/mol. The van der Waals surface area contributed by atoms with Crippen molar-refractivity contribution in [2.24, 2.45) is 5.84 Å². The van der Waals surface area contributed by atoms with E-state index >= 15 is 0 Å². The fraction of sp³-hybridized carbons (Fsp3) is 0.0769. The summed E-state index contributed by atoms with van der Waals surface area (Å²) in [6.45, 7) is 1.91. The molecule has 0 saturated carbocycles. The molecular formula is C13H13ClN4O. The van der Waals surface area contributed by atoms with Crippen LogP contribution in [0.3, 0.4) is 0 Å². The van der Waals surface area contributed by atoms with Gasteiger partial charge in [-0.25, -0.2) is 4.98 Å². The second-order valence-corrected chi connectivity index (χ2v) is 4.39. The van der Waals surface area contributed by atoms with E-state index in [4.69, 9.17) is 17.4 Å². The molecule has 5 nitrogen and oxygen atoms in total. The molecule has 6 heteroatoms. The molecule has 2 aromatic rings. The van der Waals surface area contributed by atoms with Crippen LogP contribution in [0.15, 0.2) is 36.5 Å². The average molecular weight is 277 g/mol. The summed E-state index contributed by atoms with van der Waals surface area (Å²) in [6, 6.07) is 8.65. The minimum atomic E-state index is -0.325. The van der Waals surface area contributed by atoms with Crippen LogP contribution in [0.1, 0.15) is 15.9 Å². The van der Waals surface area contributed by atoms with E-state index in [-0.39, 0.29) is 5.91 Å². The van der Waals surface area contributed by atoms with Crippen LogP contribution in [-0.2, 0) is 0 Å². The SMILES string of the molecule is Cc1ccc(C(=O)Nc2ncccc2Cl)c(NN)c1. The highest BCUT2D eigenvalue weighted by Crippen LogP contribution is 2.21. The zero-order chi connectivity index (χ0) is 13.8. The van der Waals surface area contributed by atoms with Crippen LogP contribution in [0.5, 0.6) is 0 Å². The van der Waals surface area contributed by atoms with Gasteiger partial charge in [0.25, 0.3) is 5.91 Å². The maximum Gasteiger partial charge on any atom is 0.259 e. The summed E-state index contributed by atoms with van der Waals surface area (Å²) in [5.74, 6) is 5.40. The molecule has 0 fully saturated rings. The highest BCUT2D eigenvalue weighted by Gasteiger charge is 2.13. The van der Waals surface area contributed by atoms with Gasteiger partial charge < -0.3 is 10.7 Å². The summed E-state index contributed by atoms with van der Waals surface area (Å²) in [6.07, 6.45) is 1.55. The molecule has 4 N–H and O–H groups in total. The molecule has 98 valence electrons. The topological polar surface area (TPSA) is 80.0 Å². The molecule has 1 heterocycles. The number of halogens is 1. The number of carbonyl (C=O) groups is 1. The van der Waals surface area contributed by atoms with E-state index in [9.17, 15) is 4.79 Å². The number of aryl methyl sites for hydroxylation is 1. The molecule has 0 radical (unpaired) electrons. The highest BCUT2D eigenvalue weighted by molar-refractivity contribution is 6.33. The molecule has 0 aliphatic heterocycles. The highest BCUT2D eigenvalue weighted by atomic mass is 35.5. The van der Waals surface area contributed by atoms with Gasteiger partial charge in [-0.2, -0.15) is 0 Å². The minimum Gasteiger partial charge on any atom is -0.323 e. The first-order valence-corrected chi connectivity index (χ1v) is 5.98. The van der Waals surface area contributed by atoms with Gasteiger partial charge in [-0.15, -0.1) is 0 Å².